The summed E-state index contributed by atoms with van der Waals surface area (Å²) >= 11 is 6.02. The lowest BCUT2D eigenvalue weighted by atomic mass is 10.1. The van der Waals surface area contributed by atoms with E-state index in [9.17, 15) is 14.0 Å². The Morgan fingerprint density at radius 2 is 1.93 bits per heavy atom. The molecule has 0 radical (unpaired) electrons. The normalized spacial score (nSPS) is 11.6. The van der Waals surface area contributed by atoms with Crippen LogP contribution in [-0.2, 0) is 16.1 Å². The van der Waals surface area contributed by atoms with E-state index in [2.05, 4.69) is 5.32 Å². The molecule has 27 heavy (non-hydrogen) atoms. The summed E-state index contributed by atoms with van der Waals surface area (Å²) in [6.45, 7) is 3.88. The zero-order valence-corrected chi connectivity index (χ0v) is 16.0. The molecule has 0 saturated carbocycles. The molecule has 1 N–H and O–H groups in total. The maximum absolute atomic E-state index is 13.0. The number of ether oxygens (including phenoxy) is 1. The first kappa shape index (κ1) is 20.7. The summed E-state index contributed by atoms with van der Waals surface area (Å²) in [5, 5.41) is 3.27. The number of benzene rings is 2. The van der Waals surface area contributed by atoms with Crippen molar-refractivity contribution in [3.8, 4) is 5.75 Å². The first-order chi connectivity index (χ1) is 12.9. The third-order valence-corrected chi connectivity index (χ3v) is 4.17. The fourth-order valence-corrected chi connectivity index (χ4v) is 2.71. The Bertz CT molecular complexity index is 783. The maximum atomic E-state index is 13.0. The van der Waals surface area contributed by atoms with Gasteiger partial charge in [-0.15, -0.1) is 0 Å². The molecule has 1 unspecified atom stereocenters. The van der Waals surface area contributed by atoms with Crippen LogP contribution in [0.3, 0.4) is 0 Å². The number of likely N-dealkylation sites (N-methyl/N-ethyl adjacent to an activating group) is 1. The summed E-state index contributed by atoms with van der Waals surface area (Å²) in [6, 6.07) is 11.8. The van der Waals surface area contributed by atoms with Crippen LogP contribution >= 0.6 is 11.6 Å². The van der Waals surface area contributed by atoms with E-state index in [1.165, 1.54) is 29.2 Å². The molecule has 0 aromatic heterocycles. The molecule has 0 aliphatic rings. The van der Waals surface area contributed by atoms with Crippen LogP contribution in [0.1, 0.15) is 19.4 Å². The van der Waals surface area contributed by atoms with E-state index in [1.54, 1.807) is 25.1 Å². The number of hydrogen-bond acceptors (Lipinski definition) is 3. The molecule has 0 bridgehead atoms. The van der Waals surface area contributed by atoms with E-state index in [4.69, 9.17) is 16.3 Å². The third-order valence-electron chi connectivity index (χ3n) is 3.94. The summed E-state index contributed by atoms with van der Waals surface area (Å²) in [5.74, 6) is -0.632. The van der Waals surface area contributed by atoms with E-state index in [-0.39, 0.29) is 30.8 Å². The molecule has 0 aliphatic carbocycles. The predicted octanol–water partition coefficient (Wildman–Crippen LogP) is 3.41. The van der Waals surface area contributed by atoms with Gasteiger partial charge in [0.25, 0.3) is 5.91 Å². The van der Waals surface area contributed by atoms with Crippen LogP contribution in [0.2, 0.25) is 5.02 Å². The minimum Gasteiger partial charge on any atom is -0.484 e. The van der Waals surface area contributed by atoms with Gasteiger partial charge in [-0.25, -0.2) is 4.39 Å². The summed E-state index contributed by atoms with van der Waals surface area (Å²) < 4.78 is 18.4. The van der Waals surface area contributed by atoms with Crippen LogP contribution in [0, 0.1) is 5.82 Å². The zero-order valence-electron chi connectivity index (χ0n) is 15.2. The number of hydrogen-bond donors (Lipinski definition) is 1. The van der Waals surface area contributed by atoms with Gasteiger partial charge < -0.3 is 15.0 Å². The molecule has 0 aliphatic heterocycles. The molecule has 2 aromatic rings. The van der Waals surface area contributed by atoms with Crippen LogP contribution in [0.4, 0.5) is 4.39 Å². The van der Waals surface area contributed by atoms with Gasteiger partial charge in [0.05, 0.1) is 0 Å². The topological polar surface area (TPSA) is 58.6 Å². The van der Waals surface area contributed by atoms with E-state index in [1.807, 2.05) is 13.0 Å². The first-order valence-electron chi connectivity index (χ1n) is 8.60. The fraction of sp³-hybridized carbons (Fsp3) is 0.300. The highest BCUT2D eigenvalue weighted by Crippen LogP contribution is 2.16. The second-order valence-electron chi connectivity index (χ2n) is 5.96. The Labute approximate surface area is 163 Å². The SMILES string of the molecule is CCNC(=O)C(C)N(Cc1cccc(Cl)c1)C(=O)COc1ccc(F)cc1. The second-order valence-corrected chi connectivity index (χ2v) is 6.40. The summed E-state index contributed by atoms with van der Waals surface area (Å²) in [6.07, 6.45) is 0. The maximum Gasteiger partial charge on any atom is 0.261 e. The highest BCUT2D eigenvalue weighted by molar-refractivity contribution is 6.30. The van der Waals surface area contributed by atoms with E-state index in [0.29, 0.717) is 17.3 Å². The number of amides is 2. The van der Waals surface area contributed by atoms with Crippen molar-refractivity contribution in [3.63, 3.8) is 0 Å². The van der Waals surface area contributed by atoms with Gasteiger partial charge in [-0.2, -0.15) is 0 Å². The minimum absolute atomic E-state index is 0.213. The Hall–Kier alpha value is -2.60. The number of rotatable bonds is 8. The lowest BCUT2D eigenvalue weighted by Crippen LogP contribution is -2.49. The number of nitrogens with one attached hydrogen (secondary N) is 1. The lowest BCUT2D eigenvalue weighted by molar-refractivity contribution is -0.142. The van der Waals surface area contributed by atoms with Crippen molar-refractivity contribution in [1.29, 1.82) is 0 Å². The molecular weight excluding hydrogens is 371 g/mol. The van der Waals surface area contributed by atoms with Gasteiger partial charge in [0.1, 0.15) is 17.6 Å². The van der Waals surface area contributed by atoms with Crippen LogP contribution in [-0.4, -0.2) is 35.9 Å². The fourth-order valence-electron chi connectivity index (χ4n) is 2.50. The molecular formula is C20H22ClFN2O3. The highest BCUT2D eigenvalue weighted by Gasteiger charge is 2.26. The van der Waals surface area contributed by atoms with Gasteiger partial charge in [0, 0.05) is 18.1 Å². The van der Waals surface area contributed by atoms with Crippen molar-refractivity contribution >= 4 is 23.4 Å². The Morgan fingerprint density at radius 3 is 2.56 bits per heavy atom. The largest absolute Gasteiger partial charge is 0.484 e. The molecule has 2 rings (SSSR count). The van der Waals surface area contributed by atoms with Crippen LogP contribution in [0.25, 0.3) is 0 Å². The van der Waals surface area contributed by atoms with Gasteiger partial charge in [-0.3, -0.25) is 9.59 Å². The number of nitrogens with zero attached hydrogens (tertiary/aromatic N) is 1. The molecule has 1 atom stereocenters. The molecule has 0 spiro atoms. The van der Waals surface area contributed by atoms with Gasteiger partial charge in [-0.05, 0) is 55.8 Å². The van der Waals surface area contributed by atoms with Crippen molar-refractivity contribution in [3.05, 3.63) is 64.9 Å². The first-order valence-corrected chi connectivity index (χ1v) is 8.98. The van der Waals surface area contributed by atoms with Gasteiger partial charge in [0.15, 0.2) is 6.61 Å². The van der Waals surface area contributed by atoms with E-state index < -0.39 is 6.04 Å². The van der Waals surface area contributed by atoms with Crippen molar-refractivity contribution in [2.45, 2.75) is 26.4 Å². The third kappa shape index (κ3) is 6.25. The van der Waals surface area contributed by atoms with Gasteiger partial charge in [-0.1, -0.05) is 23.7 Å². The molecule has 5 nitrogen and oxygen atoms in total. The Kier molecular flexibility index (Phi) is 7.61. The van der Waals surface area contributed by atoms with Crippen molar-refractivity contribution in [2.24, 2.45) is 0 Å². The van der Waals surface area contributed by atoms with Crippen molar-refractivity contribution in [2.75, 3.05) is 13.2 Å². The average Bonchev–Trinajstić information content (AvgIpc) is 2.65. The lowest BCUT2D eigenvalue weighted by Gasteiger charge is -2.28. The monoisotopic (exact) mass is 392 g/mol. The summed E-state index contributed by atoms with van der Waals surface area (Å²) in [4.78, 5) is 26.4. The Morgan fingerprint density at radius 1 is 1.22 bits per heavy atom. The van der Waals surface area contributed by atoms with Crippen molar-refractivity contribution in [1.82, 2.24) is 10.2 Å². The highest BCUT2D eigenvalue weighted by atomic mass is 35.5. The molecule has 7 heteroatoms. The molecule has 0 heterocycles. The van der Waals surface area contributed by atoms with Crippen LogP contribution in [0.15, 0.2) is 48.5 Å². The van der Waals surface area contributed by atoms with Crippen LogP contribution in [0.5, 0.6) is 5.75 Å². The number of halogens is 2. The van der Waals surface area contributed by atoms with E-state index >= 15 is 0 Å². The number of carbonyl (C=O) groups is 2. The average molecular weight is 393 g/mol. The van der Waals surface area contributed by atoms with Crippen LogP contribution < -0.4 is 10.1 Å². The predicted molar refractivity (Wildman–Crippen MR) is 102 cm³/mol. The van der Waals surface area contributed by atoms with Gasteiger partial charge >= 0.3 is 0 Å². The summed E-state index contributed by atoms with van der Waals surface area (Å²) in [5.41, 5.74) is 0.800. The van der Waals surface area contributed by atoms with Gasteiger partial charge in [0.2, 0.25) is 5.91 Å². The quantitative estimate of drug-likeness (QED) is 0.749. The Balaban J connectivity index is 2.12. The van der Waals surface area contributed by atoms with E-state index in [0.717, 1.165) is 5.56 Å². The molecule has 0 saturated heterocycles. The molecule has 144 valence electrons. The molecule has 0 fully saturated rings. The zero-order chi connectivity index (χ0) is 19.8. The standard InChI is InChI=1S/C20H22ClFN2O3/c1-3-23-20(26)14(2)24(12-15-5-4-6-16(21)11-15)19(25)13-27-18-9-7-17(22)8-10-18/h4-11,14H,3,12-13H2,1-2H3,(H,23,26). The second kappa shape index (κ2) is 9.92. The van der Waals surface area contributed by atoms with Crippen molar-refractivity contribution < 1.29 is 18.7 Å². The molecule has 2 amide bonds. The minimum atomic E-state index is -0.687. The summed E-state index contributed by atoms with van der Waals surface area (Å²) in [7, 11) is 0. The molecule has 2 aromatic carbocycles. The smallest absolute Gasteiger partial charge is 0.261 e. The number of carbonyl (C=O) groups excluding carboxylic acids is 2.